The van der Waals surface area contributed by atoms with Gasteiger partial charge in [-0.05, 0) is 54.8 Å². The summed E-state index contributed by atoms with van der Waals surface area (Å²) >= 11 is 0.870. The minimum atomic E-state index is -0.383. The lowest BCUT2D eigenvalue weighted by Gasteiger charge is -2.36. The van der Waals surface area contributed by atoms with Gasteiger partial charge in [0.05, 0.1) is 17.2 Å². The number of nitrogens with zero attached hydrogens (tertiary/aromatic N) is 3. The number of aromatic nitrogens is 1. The number of hydrogen-bond acceptors (Lipinski definition) is 6. The van der Waals surface area contributed by atoms with Gasteiger partial charge in [-0.1, -0.05) is 6.07 Å². The quantitative estimate of drug-likeness (QED) is 0.695. The van der Waals surface area contributed by atoms with E-state index in [-0.39, 0.29) is 36.1 Å². The number of amides is 3. The predicted molar refractivity (Wildman–Crippen MR) is 109 cm³/mol. The van der Waals surface area contributed by atoms with Crippen molar-refractivity contribution in [2.45, 2.75) is 31.7 Å². The van der Waals surface area contributed by atoms with Crippen molar-refractivity contribution >= 4 is 34.9 Å². The minimum Gasteiger partial charge on any atom is -0.465 e. The highest BCUT2D eigenvalue weighted by Crippen LogP contribution is 2.34. The van der Waals surface area contributed by atoms with Crippen LogP contribution in [0.2, 0.25) is 0 Å². The summed E-state index contributed by atoms with van der Waals surface area (Å²) in [6.07, 6.45) is 9.59. The molecule has 29 heavy (non-hydrogen) atoms. The molecule has 0 N–H and O–H groups in total. The number of likely N-dealkylation sites (tertiary alicyclic amines) is 1. The zero-order valence-electron chi connectivity index (χ0n) is 15.8. The van der Waals surface area contributed by atoms with Crippen molar-refractivity contribution in [3.05, 3.63) is 59.2 Å². The van der Waals surface area contributed by atoms with E-state index >= 15 is 0 Å². The third-order valence-electron chi connectivity index (χ3n) is 5.13. The van der Waals surface area contributed by atoms with Crippen LogP contribution in [0.25, 0.3) is 6.08 Å². The zero-order chi connectivity index (χ0) is 20.2. The molecule has 150 valence electrons. The van der Waals surface area contributed by atoms with E-state index in [9.17, 15) is 14.4 Å². The fourth-order valence-electron chi connectivity index (χ4n) is 3.70. The summed E-state index contributed by atoms with van der Waals surface area (Å²) in [5.41, 5.74) is 1.02. The maximum Gasteiger partial charge on any atom is 0.293 e. The van der Waals surface area contributed by atoms with Gasteiger partial charge < -0.3 is 9.32 Å². The lowest BCUT2D eigenvalue weighted by Crippen LogP contribution is -2.40. The molecule has 4 heterocycles. The first-order chi connectivity index (χ1) is 14.1. The second-order valence-electron chi connectivity index (χ2n) is 6.98. The van der Waals surface area contributed by atoms with Crippen LogP contribution in [-0.4, -0.2) is 44.9 Å². The van der Waals surface area contributed by atoms with Crippen LogP contribution in [0, 0.1) is 0 Å². The van der Waals surface area contributed by atoms with Crippen molar-refractivity contribution in [3.63, 3.8) is 0 Å². The van der Waals surface area contributed by atoms with Gasteiger partial charge in [0.25, 0.3) is 11.1 Å². The number of carbonyl (C=O) groups is 3. The fourth-order valence-corrected chi connectivity index (χ4v) is 4.54. The molecular formula is C21H21N3O4S. The normalized spacial score (nSPS) is 21.2. The van der Waals surface area contributed by atoms with E-state index < -0.39 is 0 Å². The van der Waals surface area contributed by atoms with Gasteiger partial charge in [-0.15, -0.1) is 0 Å². The summed E-state index contributed by atoms with van der Waals surface area (Å²) in [6, 6.07) is 7.29. The van der Waals surface area contributed by atoms with Gasteiger partial charge in [-0.3, -0.25) is 24.3 Å². The smallest absolute Gasteiger partial charge is 0.293 e. The molecule has 4 rings (SSSR count). The molecule has 2 saturated heterocycles. The zero-order valence-corrected chi connectivity index (χ0v) is 16.6. The molecule has 0 radical (unpaired) electrons. The third-order valence-corrected chi connectivity index (χ3v) is 6.04. The van der Waals surface area contributed by atoms with E-state index in [1.807, 2.05) is 17.0 Å². The molecule has 2 fully saturated rings. The topological polar surface area (TPSA) is 83.7 Å². The first-order valence-corrected chi connectivity index (χ1v) is 10.4. The van der Waals surface area contributed by atoms with E-state index in [0.29, 0.717) is 17.2 Å². The highest BCUT2D eigenvalue weighted by Gasteiger charge is 2.36. The average Bonchev–Trinajstić information content (AvgIpc) is 3.35. The molecular weight excluding hydrogens is 390 g/mol. The van der Waals surface area contributed by atoms with E-state index in [4.69, 9.17) is 4.42 Å². The standard InChI is InChI=1S/C21H21N3O4S/c25-19(23-10-2-1-7-17(23)15-5-3-9-22-14-15)8-11-24-20(26)18(29-21(24)27)13-16-6-4-12-28-16/h3-6,9,12-14,17H,1-2,7-8,10-11H2. The van der Waals surface area contributed by atoms with E-state index in [0.717, 1.165) is 41.5 Å². The molecule has 1 atom stereocenters. The van der Waals surface area contributed by atoms with E-state index in [1.165, 1.54) is 6.26 Å². The van der Waals surface area contributed by atoms with Gasteiger partial charge in [0.2, 0.25) is 5.91 Å². The molecule has 8 heteroatoms. The molecule has 7 nitrogen and oxygen atoms in total. The Morgan fingerprint density at radius 1 is 1.28 bits per heavy atom. The van der Waals surface area contributed by atoms with Crippen LogP contribution >= 0.6 is 11.8 Å². The monoisotopic (exact) mass is 411 g/mol. The Labute approximate surface area is 172 Å². The van der Waals surface area contributed by atoms with Crippen LogP contribution in [0.4, 0.5) is 4.79 Å². The summed E-state index contributed by atoms with van der Waals surface area (Å²) in [4.78, 5) is 45.2. The molecule has 0 aromatic carbocycles. The summed E-state index contributed by atoms with van der Waals surface area (Å²) in [7, 11) is 0. The van der Waals surface area contributed by atoms with E-state index in [2.05, 4.69) is 4.98 Å². The summed E-state index contributed by atoms with van der Waals surface area (Å²) < 4.78 is 5.21. The number of imide groups is 1. The SMILES string of the molecule is O=C1SC(=Cc2ccco2)C(=O)N1CCC(=O)N1CCCCC1c1cccnc1. The third kappa shape index (κ3) is 4.27. The van der Waals surface area contributed by atoms with Crippen LogP contribution < -0.4 is 0 Å². The van der Waals surface area contributed by atoms with Gasteiger partial charge in [0, 0.05) is 38.0 Å². The average molecular weight is 411 g/mol. The van der Waals surface area contributed by atoms with Crippen LogP contribution in [0.3, 0.4) is 0 Å². The predicted octanol–water partition coefficient (Wildman–Crippen LogP) is 3.85. The molecule has 2 aromatic heterocycles. The lowest BCUT2D eigenvalue weighted by atomic mass is 9.96. The molecule has 3 amide bonds. The second-order valence-corrected chi connectivity index (χ2v) is 7.98. The van der Waals surface area contributed by atoms with Gasteiger partial charge in [0.15, 0.2) is 0 Å². The molecule has 2 aliphatic heterocycles. The Morgan fingerprint density at radius 2 is 2.17 bits per heavy atom. The number of furan rings is 1. The highest BCUT2D eigenvalue weighted by molar-refractivity contribution is 8.18. The Balaban J connectivity index is 1.41. The van der Waals surface area contributed by atoms with Crippen molar-refractivity contribution in [2.24, 2.45) is 0 Å². The van der Waals surface area contributed by atoms with Crippen LogP contribution in [0.5, 0.6) is 0 Å². The second kappa shape index (κ2) is 8.65. The Morgan fingerprint density at radius 3 is 2.93 bits per heavy atom. The Kier molecular flexibility index (Phi) is 5.80. The fraction of sp³-hybridized carbons (Fsp3) is 0.333. The van der Waals surface area contributed by atoms with Crippen molar-refractivity contribution < 1.29 is 18.8 Å². The van der Waals surface area contributed by atoms with E-state index in [1.54, 1.807) is 30.6 Å². The number of pyridine rings is 1. The van der Waals surface area contributed by atoms with Crippen LogP contribution in [-0.2, 0) is 9.59 Å². The number of piperidine rings is 1. The Hall–Kier alpha value is -2.87. The number of hydrogen-bond donors (Lipinski definition) is 0. The van der Waals surface area contributed by atoms with Gasteiger partial charge >= 0.3 is 0 Å². The van der Waals surface area contributed by atoms with Gasteiger partial charge in [0.1, 0.15) is 5.76 Å². The number of carbonyl (C=O) groups excluding carboxylic acids is 3. The lowest BCUT2D eigenvalue weighted by molar-refractivity contribution is -0.135. The van der Waals surface area contributed by atoms with Gasteiger partial charge in [-0.2, -0.15) is 0 Å². The molecule has 1 unspecified atom stereocenters. The number of rotatable bonds is 5. The first kappa shape index (κ1) is 19.4. The summed E-state index contributed by atoms with van der Waals surface area (Å²) in [6.45, 7) is 0.758. The van der Waals surface area contributed by atoms with Crippen LogP contribution in [0.1, 0.15) is 43.0 Å². The summed E-state index contributed by atoms with van der Waals surface area (Å²) in [5, 5.41) is -0.358. The largest absolute Gasteiger partial charge is 0.465 e. The van der Waals surface area contributed by atoms with Crippen molar-refractivity contribution in [3.8, 4) is 0 Å². The minimum absolute atomic E-state index is 0.00119. The van der Waals surface area contributed by atoms with Crippen molar-refractivity contribution in [2.75, 3.05) is 13.1 Å². The first-order valence-electron chi connectivity index (χ1n) is 9.62. The summed E-state index contributed by atoms with van der Waals surface area (Å²) in [5.74, 6) is 0.0819. The molecule has 0 aliphatic carbocycles. The molecule has 0 spiro atoms. The van der Waals surface area contributed by atoms with Crippen molar-refractivity contribution in [1.29, 1.82) is 0 Å². The molecule has 2 aliphatic rings. The number of thioether (sulfide) groups is 1. The van der Waals surface area contributed by atoms with Crippen LogP contribution in [0.15, 0.2) is 52.2 Å². The van der Waals surface area contributed by atoms with Crippen molar-refractivity contribution in [1.82, 2.24) is 14.8 Å². The maximum atomic E-state index is 12.9. The molecule has 2 aromatic rings. The maximum absolute atomic E-state index is 12.9. The molecule has 0 bridgehead atoms. The highest BCUT2D eigenvalue weighted by atomic mass is 32.2. The molecule has 0 saturated carbocycles. The van der Waals surface area contributed by atoms with Gasteiger partial charge in [-0.25, -0.2) is 0 Å². The Bertz CT molecular complexity index is 927.